The Kier molecular flexibility index (Phi) is 6.50. The van der Waals surface area contributed by atoms with Crippen LogP contribution in [0.25, 0.3) is 71.9 Å². The van der Waals surface area contributed by atoms with Crippen LogP contribution in [-0.2, 0) is 5.41 Å². The molecule has 51 heavy (non-hydrogen) atoms. The van der Waals surface area contributed by atoms with E-state index in [0.717, 1.165) is 17.0 Å². The molecule has 2 aliphatic carbocycles. The minimum absolute atomic E-state index is 0.439. The van der Waals surface area contributed by atoms with Crippen LogP contribution in [0.3, 0.4) is 0 Å². The molecule has 0 fully saturated rings. The normalized spacial score (nSPS) is 13.9. The predicted octanol–water partition coefficient (Wildman–Crippen LogP) is 11.9. The summed E-state index contributed by atoms with van der Waals surface area (Å²) in [5.41, 5.74) is 22.4. The van der Waals surface area contributed by atoms with Gasteiger partial charge in [-0.1, -0.05) is 152 Å². The molecule has 8 aromatic rings. The van der Waals surface area contributed by atoms with Crippen LogP contribution in [0.4, 0.5) is 0 Å². The summed E-state index contributed by atoms with van der Waals surface area (Å²) in [4.78, 5) is 4.91. The zero-order valence-electron chi connectivity index (χ0n) is 28.3. The van der Waals surface area contributed by atoms with E-state index in [0.29, 0.717) is 5.70 Å². The highest BCUT2D eigenvalue weighted by Crippen LogP contribution is 2.65. The molecule has 1 aromatic heterocycles. The van der Waals surface area contributed by atoms with E-state index in [4.69, 9.17) is 10.7 Å². The Morgan fingerprint density at radius 2 is 1.16 bits per heavy atom. The lowest BCUT2D eigenvalue weighted by Crippen LogP contribution is -2.26. The SMILES string of the molecule is C/C=C\C=C(/N)c1cccc(-c2ccc(-c3cc4c(c5ccccc35)-c3c(ccc5ccccc35)C43c4ccccc4-c4ccccc43)cc2)n1. The van der Waals surface area contributed by atoms with Crippen molar-refractivity contribution in [3.05, 3.63) is 204 Å². The standard InChI is InChI=1S/C49H34N2/c1-2-3-21-44(50)46-23-12-22-45(51-46)33-26-24-32(25-27-33)39-30-43-48(38-18-7-6-15-35(38)39)47-34-14-5-4-13-31(34)28-29-42(47)49(43)40-19-10-8-16-36(40)37-17-9-11-20-41(37)49/h2-30H,50H2,1H3/b3-2-,44-21-. The third-order valence-electron chi connectivity index (χ3n) is 11.0. The highest BCUT2D eigenvalue weighted by Gasteiger charge is 2.52. The predicted molar refractivity (Wildman–Crippen MR) is 213 cm³/mol. The van der Waals surface area contributed by atoms with Crippen LogP contribution >= 0.6 is 0 Å². The van der Waals surface area contributed by atoms with Crippen molar-refractivity contribution in [2.45, 2.75) is 12.3 Å². The molecule has 7 aromatic carbocycles. The number of fused-ring (bicyclic) bond motifs is 14. The number of hydrogen-bond donors (Lipinski definition) is 1. The second-order valence-corrected chi connectivity index (χ2v) is 13.6. The molecule has 0 unspecified atom stereocenters. The molecular weight excluding hydrogens is 617 g/mol. The molecule has 10 rings (SSSR count). The number of rotatable bonds is 4. The third kappa shape index (κ3) is 4.14. The Hall–Kier alpha value is -6.51. The first-order valence-corrected chi connectivity index (χ1v) is 17.6. The number of nitrogens with two attached hydrogens (primary N) is 1. The smallest absolute Gasteiger partial charge is 0.0866 e. The van der Waals surface area contributed by atoms with Crippen molar-refractivity contribution in [1.82, 2.24) is 4.98 Å². The van der Waals surface area contributed by atoms with Crippen molar-refractivity contribution in [3.8, 4) is 44.6 Å². The van der Waals surface area contributed by atoms with Gasteiger partial charge >= 0.3 is 0 Å². The average molecular weight is 651 g/mol. The average Bonchev–Trinajstić information content (AvgIpc) is 3.67. The van der Waals surface area contributed by atoms with E-state index in [1.165, 1.54) is 77.2 Å². The van der Waals surface area contributed by atoms with Gasteiger partial charge < -0.3 is 5.73 Å². The second-order valence-electron chi connectivity index (χ2n) is 13.6. The van der Waals surface area contributed by atoms with Crippen LogP contribution in [-0.4, -0.2) is 4.98 Å². The molecular formula is C49H34N2. The van der Waals surface area contributed by atoms with Gasteiger partial charge in [0.25, 0.3) is 0 Å². The summed E-state index contributed by atoms with van der Waals surface area (Å²) >= 11 is 0. The molecule has 2 aliphatic rings. The molecule has 0 amide bonds. The minimum Gasteiger partial charge on any atom is -0.397 e. The highest BCUT2D eigenvalue weighted by atomic mass is 14.8. The lowest BCUT2D eigenvalue weighted by atomic mass is 9.70. The van der Waals surface area contributed by atoms with E-state index < -0.39 is 5.41 Å². The Bertz CT molecular complexity index is 2720. The lowest BCUT2D eigenvalue weighted by molar-refractivity contribution is 0.795. The lowest BCUT2D eigenvalue weighted by Gasteiger charge is -2.31. The summed E-state index contributed by atoms with van der Waals surface area (Å²) in [6.07, 6.45) is 5.79. The van der Waals surface area contributed by atoms with Crippen molar-refractivity contribution in [1.29, 1.82) is 0 Å². The van der Waals surface area contributed by atoms with Crippen LogP contribution < -0.4 is 5.73 Å². The molecule has 0 saturated carbocycles. The first-order chi connectivity index (χ1) is 25.2. The number of benzene rings is 7. The molecule has 0 atom stereocenters. The molecule has 2 N–H and O–H groups in total. The fraction of sp³-hybridized carbons (Fsp3) is 0.0408. The van der Waals surface area contributed by atoms with Gasteiger partial charge in [0.2, 0.25) is 0 Å². The monoisotopic (exact) mass is 650 g/mol. The molecule has 1 spiro atoms. The molecule has 0 bridgehead atoms. The summed E-state index contributed by atoms with van der Waals surface area (Å²) < 4.78 is 0. The van der Waals surface area contributed by atoms with Crippen molar-refractivity contribution >= 4 is 27.2 Å². The maximum atomic E-state index is 6.34. The number of allylic oxidation sites excluding steroid dienone is 3. The molecule has 0 aliphatic heterocycles. The van der Waals surface area contributed by atoms with Crippen molar-refractivity contribution in [3.63, 3.8) is 0 Å². The van der Waals surface area contributed by atoms with Crippen molar-refractivity contribution in [2.24, 2.45) is 5.73 Å². The van der Waals surface area contributed by atoms with Gasteiger partial charge in [0.05, 0.1) is 22.5 Å². The second kappa shape index (κ2) is 11.3. The van der Waals surface area contributed by atoms with Gasteiger partial charge in [0, 0.05) is 5.56 Å². The van der Waals surface area contributed by atoms with Gasteiger partial charge in [0.1, 0.15) is 0 Å². The first kappa shape index (κ1) is 29.4. The Morgan fingerprint density at radius 3 is 1.90 bits per heavy atom. The minimum atomic E-state index is -0.439. The third-order valence-corrected chi connectivity index (χ3v) is 11.0. The van der Waals surface area contributed by atoms with Crippen LogP contribution in [0.15, 0.2) is 176 Å². The van der Waals surface area contributed by atoms with Gasteiger partial charge in [-0.3, -0.25) is 0 Å². The molecule has 0 saturated heterocycles. The fourth-order valence-electron chi connectivity index (χ4n) is 8.86. The van der Waals surface area contributed by atoms with Gasteiger partial charge in [-0.05, 0) is 108 Å². The number of pyridine rings is 1. The summed E-state index contributed by atoms with van der Waals surface area (Å²) in [5, 5.41) is 5.09. The molecule has 1 heterocycles. The fourth-order valence-corrected chi connectivity index (χ4v) is 8.86. The molecule has 0 radical (unpaired) electrons. The van der Waals surface area contributed by atoms with Gasteiger partial charge in [0.15, 0.2) is 0 Å². The van der Waals surface area contributed by atoms with Gasteiger partial charge in [-0.25, -0.2) is 4.98 Å². The van der Waals surface area contributed by atoms with Gasteiger partial charge in [-0.2, -0.15) is 0 Å². The van der Waals surface area contributed by atoms with Gasteiger partial charge in [-0.15, -0.1) is 0 Å². The largest absolute Gasteiger partial charge is 0.397 e. The summed E-state index contributed by atoms with van der Waals surface area (Å²) in [6, 6.07) is 58.1. The number of nitrogens with zero attached hydrogens (tertiary/aromatic N) is 1. The van der Waals surface area contributed by atoms with Crippen molar-refractivity contribution < 1.29 is 0 Å². The van der Waals surface area contributed by atoms with E-state index in [2.05, 4.69) is 140 Å². The van der Waals surface area contributed by atoms with E-state index in [-0.39, 0.29) is 0 Å². The van der Waals surface area contributed by atoms with Crippen LogP contribution in [0.2, 0.25) is 0 Å². The number of hydrogen-bond acceptors (Lipinski definition) is 2. The van der Waals surface area contributed by atoms with E-state index in [9.17, 15) is 0 Å². The van der Waals surface area contributed by atoms with Crippen LogP contribution in [0, 0.1) is 0 Å². The number of aromatic nitrogens is 1. The Labute approximate surface area is 297 Å². The maximum absolute atomic E-state index is 6.34. The van der Waals surface area contributed by atoms with E-state index in [1.807, 2.05) is 43.4 Å². The molecule has 2 heteroatoms. The van der Waals surface area contributed by atoms with E-state index in [1.54, 1.807) is 0 Å². The van der Waals surface area contributed by atoms with Crippen LogP contribution in [0.1, 0.15) is 34.9 Å². The molecule has 2 nitrogen and oxygen atoms in total. The summed E-state index contributed by atoms with van der Waals surface area (Å²) in [6.45, 7) is 1.98. The zero-order chi connectivity index (χ0) is 34.1. The summed E-state index contributed by atoms with van der Waals surface area (Å²) in [7, 11) is 0. The summed E-state index contributed by atoms with van der Waals surface area (Å²) in [5.74, 6) is 0. The van der Waals surface area contributed by atoms with Crippen molar-refractivity contribution in [2.75, 3.05) is 0 Å². The first-order valence-electron chi connectivity index (χ1n) is 17.6. The topological polar surface area (TPSA) is 38.9 Å². The maximum Gasteiger partial charge on any atom is 0.0866 e. The van der Waals surface area contributed by atoms with Crippen LogP contribution in [0.5, 0.6) is 0 Å². The Morgan fingerprint density at radius 1 is 0.529 bits per heavy atom. The Balaban J connectivity index is 1.24. The highest BCUT2D eigenvalue weighted by molar-refractivity contribution is 6.16. The van der Waals surface area contributed by atoms with E-state index >= 15 is 0 Å². The zero-order valence-corrected chi connectivity index (χ0v) is 28.3. The quantitative estimate of drug-likeness (QED) is 0.193. The molecule has 240 valence electrons.